The van der Waals surface area contributed by atoms with E-state index in [2.05, 4.69) is 15.5 Å². The summed E-state index contributed by atoms with van der Waals surface area (Å²) in [6.45, 7) is 2.83. The second-order valence-electron chi connectivity index (χ2n) is 3.34. The van der Waals surface area contributed by atoms with Crippen LogP contribution in [0.25, 0.3) is 0 Å². The highest BCUT2D eigenvalue weighted by Crippen LogP contribution is 2.36. The quantitative estimate of drug-likeness (QED) is 0.835. The smallest absolute Gasteiger partial charge is 0.321 e. The number of nitrogens with one attached hydrogen (secondary N) is 1. The van der Waals surface area contributed by atoms with Crippen molar-refractivity contribution in [3.8, 4) is 0 Å². The van der Waals surface area contributed by atoms with Crippen molar-refractivity contribution in [2.45, 2.75) is 31.4 Å². The molecular weight excluding hydrogens is 198 g/mol. The summed E-state index contributed by atoms with van der Waals surface area (Å²) in [6, 6.07) is 0.550. The Morgan fingerprint density at radius 2 is 2.50 bits per heavy atom. The van der Waals surface area contributed by atoms with Crippen LogP contribution in [0.4, 0.5) is 6.01 Å². The number of hydrogen-bond donors (Lipinski definition) is 1. The molecule has 1 aliphatic heterocycles. The molecule has 1 N–H and O–H groups in total. The van der Waals surface area contributed by atoms with Crippen molar-refractivity contribution in [2.24, 2.45) is 0 Å². The number of anilines is 1. The Hall–Kier alpha value is -0.710. The predicted molar refractivity (Wildman–Crippen MR) is 57.5 cm³/mol. The third-order valence-corrected chi connectivity index (χ3v) is 3.61. The minimum absolute atomic E-state index is 0.444. The van der Waals surface area contributed by atoms with Gasteiger partial charge in [-0.2, -0.15) is 16.7 Å². The fraction of sp³-hybridized carbons (Fsp3) is 0.778. The maximum Gasteiger partial charge on any atom is 0.321 e. The van der Waals surface area contributed by atoms with Crippen LogP contribution in [0.15, 0.2) is 4.52 Å². The Bertz CT molecular complexity index is 283. The van der Waals surface area contributed by atoms with Gasteiger partial charge in [0.25, 0.3) is 0 Å². The number of rotatable bonds is 3. The molecule has 0 spiro atoms. The lowest BCUT2D eigenvalue weighted by Gasteiger charge is -2.17. The van der Waals surface area contributed by atoms with Crippen LogP contribution in [0.5, 0.6) is 0 Å². The van der Waals surface area contributed by atoms with Gasteiger partial charge in [0.1, 0.15) is 0 Å². The predicted octanol–water partition coefficient (Wildman–Crippen LogP) is 2.46. The van der Waals surface area contributed by atoms with Gasteiger partial charge in [-0.15, -0.1) is 0 Å². The van der Waals surface area contributed by atoms with Gasteiger partial charge in [0.2, 0.25) is 0 Å². The van der Waals surface area contributed by atoms with Gasteiger partial charge >= 0.3 is 6.01 Å². The zero-order valence-electron chi connectivity index (χ0n) is 8.32. The normalized spacial score (nSPS) is 22.2. The SMILES string of the molecule is CCNc1nc(C2CCCCS2)no1. The Labute approximate surface area is 87.8 Å². The van der Waals surface area contributed by atoms with Crippen LogP contribution in [0.2, 0.25) is 0 Å². The van der Waals surface area contributed by atoms with Crippen molar-refractivity contribution in [3.05, 3.63) is 5.82 Å². The Morgan fingerprint density at radius 1 is 1.57 bits per heavy atom. The van der Waals surface area contributed by atoms with Crippen molar-refractivity contribution in [1.82, 2.24) is 10.1 Å². The molecule has 78 valence electrons. The van der Waals surface area contributed by atoms with E-state index in [1.807, 2.05) is 18.7 Å². The molecule has 1 aromatic rings. The number of nitrogens with zero attached hydrogens (tertiary/aromatic N) is 2. The van der Waals surface area contributed by atoms with Gasteiger partial charge < -0.3 is 9.84 Å². The van der Waals surface area contributed by atoms with Crippen LogP contribution in [0.1, 0.15) is 37.3 Å². The fourth-order valence-electron chi connectivity index (χ4n) is 1.53. The minimum Gasteiger partial charge on any atom is -0.338 e. The lowest BCUT2D eigenvalue weighted by atomic mass is 10.2. The van der Waals surface area contributed by atoms with Crippen molar-refractivity contribution < 1.29 is 4.52 Å². The van der Waals surface area contributed by atoms with E-state index in [0.29, 0.717) is 11.3 Å². The van der Waals surface area contributed by atoms with Crippen molar-refractivity contribution >= 4 is 17.8 Å². The molecule has 1 atom stereocenters. The zero-order valence-corrected chi connectivity index (χ0v) is 9.14. The molecule has 0 aliphatic carbocycles. The second kappa shape index (κ2) is 4.68. The largest absolute Gasteiger partial charge is 0.338 e. The Morgan fingerprint density at radius 3 is 3.21 bits per heavy atom. The standard InChI is InChI=1S/C9H15N3OS/c1-2-10-9-11-8(12-13-9)7-5-3-4-6-14-7/h7H,2-6H2,1H3,(H,10,11,12). The summed E-state index contributed by atoms with van der Waals surface area (Å²) in [7, 11) is 0. The van der Waals surface area contributed by atoms with E-state index in [0.717, 1.165) is 12.4 Å². The molecule has 4 nitrogen and oxygen atoms in total. The molecule has 1 aliphatic rings. The minimum atomic E-state index is 0.444. The highest BCUT2D eigenvalue weighted by Gasteiger charge is 2.21. The van der Waals surface area contributed by atoms with E-state index in [1.165, 1.54) is 25.0 Å². The van der Waals surface area contributed by atoms with Crippen LogP contribution in [0.3, 0.4) is 0 Å². The summed E-state index contributed by atoms with van der Waals surface area (Å²) in [5.74, 6) is 2.07. The van der Waals surface area contributed by atoms with Crippen LogP contribution >= 0.6 is 11.8 Å². The molecule has 1 saturated heterocycles. The molecule has 0 aromatic carbocycles. The van der Waals surface area contributed by atoms with Crippen molar-refractivity contribution in [2.75, 3.05) is 17.6 Å². The van der Waals surface area contributed by atoms with E-state index in [4.69, 9.17) is 4.52 Å². The maximum atomic E-state index is 5.07. The first kappa shape index (κ1) is 9.83. The van der Waals surface area contributed by atoms with Crippen LogP contribution < -0.4 is 5.32 Å². The van der Waals surface area contributed by atoms with E-state index < -0.39 is 0 Å². The van der Waals surface area contributed by atoms with Gasteiger partial charge in [-0.3, -0.25) is 0 Å². The van der Waals surface area contributed by atoms with Gasteiger partial charge in [-0.05, 0) is 25.5 Å². The lowest BCUT2D eigenvalue weighted by Crippen LogP contribution is -2.04. The molecule has 0 saturated carbocycles. The first-order valence-corrected chi connectivity index (χ1v) is 6.14. The van der Waals surface area contributed by atoms with Crippen LogP contribution in [-0.2, 0) is 0 Å². The fourth-order valence-corrected chi connectivity index (χ4v) is 2.77. The lowest BCUT2D eigenvalue weighted by molar-refractivity contribution is 0.420. The summed E-state index contributed by atoms with van der Waals surface area (Å²) in [4.78, 5) is 4.31. The zero-order chi connectivity index (χ0) is 9.80. The van der Waals surface area contributed by atoms with Crippen LogP contribution in [-0.4, -0.2) is 22.4 Å². The number of thioether (sulfide) groups is 1. The summed E-state index contributed by atoms with van der Waals surface area (Å²) in [6.07, 6.45) is 3.78. The van der Waals surface area contributed by atoms with Crippen molar-refractivity contribution in [3.63, 3.8) is 0 Å². The molecular formula is C9H15N3OS. The van der Waals surface area contributed by atoms with Crippen molar-refractivity contribution in [1.29, 1.82) is 0 Å². The summed E-state index contributed by atoms with van der Waals surface area (Å²) < 4.78 is 5.07. The molecule has 1 unspecified atom stereocenters. The molecule has 1 fully saturated rings. The van der Waals surface area contributed by atoms with E-state index in [9.17, 15) is 0 Å². The highest BCUT2D eigenvalue weighted by molar-refractivity contribution is 7.99. The van der Waals surface area contributed by atoms with Crippen LogP contribution in [0, 0.1) is 0 Å². The van der Waals surface area contributed by atoms with Gasteiger partial charge in [0.05, 0.1) is 5.25 Å². The molecule has 0 radical (unpaired) electrons. The average Bonchev–Trinajstić information content (AvgIpc) is 2.68. The number of aromatic nitrogens is 2. The molecule has 2 rings (SSSR count). The summed E-state index contributed by atoms with van der Waals surface area (Å²) >= 11 is 1.93. The average molecular weight is 213 g/mol. The van der Waals surface area contributed by atoms with Gasteiger partial charge in [-0.25, -0.2) is 0 Å². The Balaban J connectivity index is 2.00. The van der Waals surface area contributed by atoms with Gasteiger partial charge in [0, 0.05) is 6.54 Å². The van der Waals surface area contributed by atoms with Gasteiger partial charge in [0.15, 0.2) is 5.82 Å². The van der Waals surface area contributed by atoms with E-state index in [-0.39, 0.29) is 0 Å². The first-order chi connectivity index (χ1) is 6.90. The topological polar surface area (TPSA) is 51.0 Å². The molecule has 1 aromatic heterocycles. The highest BCUT2D eigenvalue weighted by atomic mass is 32.2. The number of hydrogen-bond acceptors (Lipinski definition) is 5. The third-order valence-electron chi connectivity index (χ3n) is 2.24. The summed E-state index contributed by atoms with van der Waals surface area (Å²) in [5, 5.41) is 7.45. The molecule has 0 bridgehead atoms. The summed E-state index contributed by atoms with van der Waals surface area (Å²) in [5.41, 5.74) is 0. The third kappa shape index (κ3) is 2.20. The molecule has 14 heavy (non-hydrogen) atoms. The molecule has 0 amide bonds. The van der Waals surface area contributed by atoms with E-state index in [1.54, 1.807) is 0 Å². The first-order valence-electron chi connectivity index (χ1n) is 5.09. The van der Waals surface area contributed by atoms with E-state index >= 15 is 0 Å². The molecule has 5 heteroatoms. The Kier molecular flexibility index (Phi) is 3.29. The maximum absolute atomic E-state index is 5.07. The monoisotopic (exact) mass is 213 g/mol. The second-order valence-corrected chi connectivity index (χ2v) is 4.65. The van der Waals surface area contributed by atoms with Gasteiger partial charge in [-0.1, -0.05) is 11.6 Å². The molecule has 2 heterocycles.